The highest BCUT2D eigenvalue weighted by atomic mass is 16.6. The largest absolute Gasteiger partial charge is 0.420 e. The van der Waals surface area contributed by atoms with E-state index in [0.717, 1.165) is 0 Å². The lowest BCUT2D eigenvalue weighted by Gasteiger charge is -2.31. The van der Waals surface area contributed by atoms with Gasteiger partial charge in [0.25, 0.3) is 5.91 Å². The maximum Gasteiger partial charge on any atom is 0.409 e. The smallest absolute Gasteiger partial charge is 0.409 e. The van der Waals surface area contributed by atoms with Crippen LogP contribution in [-0.4, -0.2) is 61.7 Å². The van der Waals surface area contributed by atoms with Crippen molar-refractivity contribution in [1.82, 2.24) is 10.2 Å². The molecule has 1 atom stereocenters. The molecule has 1 aliphatic rings. The number of ether oxygens (including phenoxy) is 2. The number of hydrogen-bond donors (Lipinski definition) is 1. The molecule has 0 aromatic rings. The van der Waals surface area contributed by atoms with E-state index in [2.05, 4.69) is 10.3 Å². The fraction of sp³-hybridized carbons (Fsp3) is 0.750. The molecule has 0 aromatic carbocycles. The molecule has 1 rings (SSSR count). The Morgan fingerprint density at radius 3 is 2.74 bits per heavy atom. The summed E-state index contributed by atoms with van der Waals surface area (Å²) in [4.78, 5) is 29.0. The molecule has 2 amide bonds. The van der Waals surface area contributed by atoms with E-state index in [-0.39, 0.29) is 12.5 Å². The maximum absolute atomic E-state index is 11.8. The number of alkyl carbamates (subject to hydrolysis) is 1. The first-order valence-electron chi connectivity index (χ1n) is 6.10. The normalized spacial score (nSPS) is 19.2. The standard InChI is InChI=1S/C12H21N3O4/c1-12(2,3)14-11(17)19-10-7-13-5-6-15(10)9(16)8-18-4/h7,10H,5-6,8H2,1-4H3,(H,14,17). The fourth-order valence-corrected chi connectivity index (χ4v) is 1.55. The summed E-state index contributed by atoms with van der Waals surface area (Å²) in [6, 6.07) is 0. The molecular formula is C12H21N3O4. The number of carbonyl (C=O) groups excluding carboxylic acids is 2. The number of nitrogens with one attached hydrogen (secondary N) is 1. The molecule has 7 nitrogen and oxygen atoms in total. The summed E-state index contributed by atoms with van der Waals surface area (Å²) in [5, 5.41) is 2.67. The van der Waals surface area contributed by atoms with Crippen molar-refractivity contribution in [1.29, 1.82) is 0 Å². The molecule has 108 valence electrons. The first kappa shape index (κ1) is 15.4. The van der Waals surface area contributed by atoms with Crippen LogP contribution in [0.25, 0.3) is 0 Å². The molecule has 0 aromatic heterocycles. The van der Waals surface area contributed by atoms with Crippen molar-refractivity contribution in [2.45, 2.75) is 32.5 Å². The van der Waals surface area contributed by atoms with Gasteiger partial charge in [-0.25, -0.2) is 4.79 Å². The van der Waals surface area contributed by atoms with Crippen LogP contribution in [0.15, 0.2) is 4.99 Å². The monoisotopic (exact) mass is 271 g/mol. The Morgan fingerprint density at radius 2 is 2.16 bits per heavy atom. The molecule has 0 bridgehead atoms. The molecule has 19 heavy (non-hydrogen) atoms. The van der Waals surface area contributed by atoms with Crippen LogP contribution in [0.5, 0.6) is 0 Å². The SMILES string of the molecule is COCC(=O)N1CCN=CC1OC(=O)NC(C)(C)C. The van der Waals surface area contributed by atoms with Gasteiger partial charge in [-0.1, -0.05) is 0 Å². The molecule has 1 heterocycles. The average Bonchev–Trinajstić information content (AvgIpc) is 2.27. The summed E-state index contributed by atoms with van der Waals surface area (Å²) in [6.07, 6.45) is 0.0964. The van der Waals surface area contributed by atoms with E-state index in [9.17, 15) is 9.59 Å². The molecule has 0 saturated carbocycles. The first-order valence-corrected chi connectivity index (χ1v) is 6.10. The van der Waals surface area contributed by atoms with Crippen molar-refractivity contribution < 1.29 is 19.1 Å². The second-order valence-corrected chi connectivity index (χ2v) is 5.25. The van der Waals surface area contributed by atoms with Crippen molar-refractivity contribution in [2.24, 2.45) is 4.99 Å². The van der Waals surface area contributed by atoms with E-state index < -0.39 is 17.9 Å². The molecular weight excluding hydrogens is 250 g/mol. The van der Waals surface area contributed by atoms with Crippen LogP contribution in [0.2, 0.25) is 0 Å². The van der Waals surface area contributed by atoms with Crippen LogP contribution >= 0.6 is 0 Å². The van der Waals surface area contributed by atoms with E-state index in [1.807, 2.05) is 20.8 Å². The minimum Gasteiger partial charge on any atom is -0.420 e. The van der Waals surface area contributed by atoms with E-state index in [1.54, 1.807) is 0 Å². The molecule has 1 unspecified atom stereocenters. The van der Waals surface area contributed by atoms with Gasteiger partial charge in [0.05, 0.1) is 12.8 Å². The highest BCUT2D eigenvalue weighted by molar-refractivity contribution is 5.83. The van der Waals surface area contributed by atoms with E-state index in [4.69, 9.17) is 9.47 Å². The summed E-state index contributed by atoms with van der Waals surface area (Å²) in [5.74, 6) is -0.234. The van der Waals surface area contributed by atoms with Crippen LogP contribution in [-0.2, 0) is 14.3 Å². The van der Waals surface area contributed by atoms with Crippen LogP contribution in [0, 0.1) is 0 Å². The summed E-state index contributed by atoms with van der Waals surface area (Å²) < 4.78 is 10.00. The maximum atomic E-state index is 11.8. The lowest BCUT2D eigenvalue weighted by molar-refractivity contribution is -0.141. The van der Waals surface area contributed by atoms with Gasteiger partial charge in [0.15, 0.2) is 0 Å². The Hall–Kier alpha value is -1.63. The fourth-order valence-electron chi connectivity index (χ4n) is 1.55. The highest BCUT2D eigenvalue weighted by Crippen LogP contribution is 2.07. The zero-order chi connectivity index (χ0) is 14.5. The predicted molar refractivity (Wildman–Crippen MR) is 70.1 cm³/mol. The van der Waals surface area contributed by atoms with Gasteiger partial charge in [0.2, 0.25) is 6.23 Å². The highest BCUT2D eigenvalue weighted by Gasteiger charge is 2.28. The number of methoxy groups -OCH3 is 1. The van der Waals surface area contributed by atoms with Crippen molar-refractivity contribution in [3.8, 4) is 0 Å². The average molecular weight is 271 g/mol. The molecule has 1 N–H and O–H groups in total. The topological polar surface area (TPSA) is 80.2 Å². The Balaban J connectivity index is 2.62. The number of nitrogens with zero attached hydrogens (tertiary/aromatic N) is 2. The van der Waals surface area contributed by atoms with Gasteiger partial charge in [-0.05, 0) is 20.8 Å². The van der Waals surface area contributed by atoms with Gasteiger partial charge < -0.3 is 14.8 Å². The lowest BCUT2D eigenvalue weighted by atomic mass is 10.1. The second-order valence-electron chi connectivity index (χ2n) is 5.25. The number of rotatable bonds is 3. The molecule has 0 radical (unpaired) electrons. The number of aliphatic imine (C=N–C) groups is 1. The molecule has 0 saturated heterocycles. The molecule has 0 fully saturated rings. The van der Waals surface area contributed by atoms with Crippen LogP contribution in [0.1, 0.15) is 20.8 Å². The van der Waals surface area contributed by atoms with Crippen molar-refractivity contribution in [2.75, 3.05) is 26.8 Å². The zero-order valence-corrected chi connectivity index (χ0v) is 11.8. The second kappa shape index (κ2) is 6.51. The van der Waals surface area contributed by atoms with Gasteiger partial charge in [-0.2, -0.15) is 0 Å². The minimum atomic E-state index is -0.779. The Labute approximate surface area is 113 Å². The Morgan fingerprint density at radius 1 is 1.47 bits per heavy atom. The van der Waals surface area contributed by atoms with Crippen molar-refractivity contribution >= 4 is 18.2 Å². The molecule has 1 aliphatic heterocycles. The Bertz CT molecular complexity index is 362. The minimum absolute atomic E-state index is 0.0470. The number of carbonyl (C=O) groups is 2. The van der Waals surface area contributed by atoms with Crippen LogP contribution in [0.4, 0.5) is 4.79 Å². The summed E-state index contributed by atoms with van der Waals surface area (Å²) in [6.45, 7) is 6.39. The molecule has 0 spiro atoms. The first-order chi connectivity index (χ1) is 8.83. The third-order valence-corrected chi connectivity index (χ3v) is 2.30. The van der Waals surface area contributed by atoms with E-state index in [0.29, 0.717) is 13.1 Å². The lowest BCUT2D eigenvalue weighted by Crippen LogP contribution is -2.51. The van der Waals surface area contributed by atoms with Gasteiger partial charge in [-0.3, -0.25) is 14.7 Å². The third kappa shape index (κ3) is 5.25. The predicted octanol–water partition coefficient (Wildman–Crippen LogP) is 0.397. The third-order valence-electron chi connectivity index (χ3n) is 2.30. The summed E-state index contributed by atoms with van der Waals surface area (Å²) >= 11 is 0. The van der Waals surface area contributed by atoms with Gasteiger partial charge in [-0.15, -0.1) is 0 Å². The van der Waals surface area contributed by atoms with Gasteiger partial charge >= 0.3 is 6.09 Å². The zero-order valence-electron chi connectivity index (χ0n) is 11.8. The van der Waals surface area contributed by atoms with E-state index in [1.165, 1.54) is 18.2 Å². The van der Waals surface area contributed by atoms with Crippen LogP contribution < -0.4 is 5.32 Å². The molecule has 7 heteroatoms. The number of hydrogen-bond acceptors (Lipinski definition) is 5. The summed E-state index contributed by atoms with van der Waals surface area (Å²) in [7, 11) is 1.44. The summed E-state index contributed by atoms with van der Waals surface area (Å²) in [5.41, 5.74) is -0.399. The van der Waals surface area contributed by atoms with E-state index >= 15 is 0 Å². The Kier molecular flexibility index (Phi) is 5.29. The number of amides is 2. The van der Waals surface area contributed by atoms with Gasteiger partial charge in [0.1, 0.15) is 6.61 Å². The van der Waals surface area contributed by atoms with Crippen molar-refractivity contribution in [3.63, 3.8) is 0 Å². The van der Waals surface area contributed by atoms with Crippen LogP contribution in [0.3, 0.4) is 0 Å². The van der Waals surface area contributed by atoms with Crippen molar-refractivity contribution in [3.05, 3.63) is 0 Å². The van der Waals surface area contributed by atoms with Gasteiger partial charge in [0, 0.05) is 19.2 Å². The molecule has 0 aliphatic carbocycles. The quantitative estimate of drug-likeness (QED) is 0.805.